The summed E-state index contributed by atoms with van der Waals surface area (Å²) in [4.78, 5) is 4.25. The topological polar surface area (TPSA) is 55.5 Å². The van der Waals surface area contributed by atoms with Crippen LogP contribution in [0.4, 0.5) is 11.4 Å². The maximum atomic E-state index is 12.0. The summed E-state index contributed by atoms with van der Waals surface area (Å²) in [5.41, 5.74) is 8.38. The molecule has 0 bridgehead atoms. The molecule has 0 saturated carbocycles. The number of hydrogen-bond donors (Lipinski definition) is 1. The van der Waals surface area contributed by atoms with E-state index in [1.807, 2.05) is 18.3 Å². The summed E-state index contributed by atoms with van der Waals surface area (Å²) in [6, 6.07) is 3.78. The highest BCUT2D eigenvalue weighted by atomic mass is 31.2. The molecule has 74 valence electrons. The van der Waals surface area contributed by atoms with Crippen molar-refractivity contribution in [2.45, 2.75) is 6.42 Å². The van der Waals surface area contributed by atoms with Crippen molar-refractivity contribution < 1.29 is 4.57 Å². The summed E-state index contributed by atoms with van der Waals surface area (Å²) in [6.45, 7) is 3.46. The first-order chi connectivity index (χ1) is 6.50. The molecule has 1 aromatic rings. The van der Waals surface area contributed by atoms with Crippen LogP contribution in [0.3, 0.4) is 0 Å². The highest BCUT2D eigenvalue weighted by Crippen LogP contribution is 2.43. The fourth-order valence-electron chi connectivity index (χ4n) is 1.75. The molecule has 1 aliphatic heterocycles. The number of fused-ring (bicyclic) bond motifs is 1. The Morgan fingerprint density at radius 3 is 2.79 bits per heavy atom. The van der Waals surface area contributed by atoms with Gasteiger partial charge < -0.3 is 10.3 Å². The number of nitrogens with two attached hydrogens (primary N) is 1. The fourth-order valence-corrected chi connectivity index (χ4v) is 3.15. The average Bonchev–Trinajstić information content (AvgIpc) is 2.48. The first-order valence-corrected chi connectivity index (χ1v) is 7.09. The number of aliphatic imine (C=N–C) groups is 1. The van der Waals surface area contributed by atoms with Gasteiger partial charge in [-0.05, 0) is 25.0 Å². The monoisotopic (exact) mass is 208 g/mol. The molecule has 2 rings (SSSR count). The molecule has 0 aliphatic carbocycles. The third-order valence-corrected chi connectivity index (χ3v) is 3.88. The van der Waals surface area contributed by atoms with Gasteiger partial charge >= 0.3 is 0 Å². The maximum absolute atomic E-state index is 12.0. The summed E-state index contributed by atoms with van der Waals surface area (Å²) >= 11 is 0. The Bertz CT molecular complexity index is 459. The van der Waals surface area contributed by atoms with Gasteiger partial charge in [-0.2, -0.15) is 0 Å². The van der Waals surface area contributed by atoms with E-state index in [1.165, 1.54) is 0 Å². The van der Waals surface area contributed by atoms with Crippen molar-refractivity contribution in [2.75, 3.05) is 19.1 Å². The van der Waals surface area contributed by atoms with Crippen LogP contribution in [0.25, 0.3) is 0 Å². The van der Waals surface area contributed by atoms with E-state index >= 15 is 0 Å². The fraction of sp³-hybridized carbons (Fsp3) is 0.300. The normalized spacial score (nSPS) is 14.4. The van der Waals surface area contributed by atoms with Gasteiger partial charge in [0.1, 0.15) is 7.14 Å². The summed E-state index contributed by atoms with van der Waals surface area (Å²) in [7, 11) is -2.34. The van der Waals surface area contributed by atoms with Crippen LogP contribution in [0.5, 0.6) is 0 Å². The second kappa shape index (κ2) is 2.96. The lowest BCUT2D eigenvalue weighted by Gasteiger charge is -2.13. The summed E-state index contributed by atoms with van der Waals surface area (Å²) in [5.74, 6) is 0. The van der Waals surface area contributed by atoms with Crippen LogP contribution in [-0.4, -0.2) is 19.5 Å². The van der Waals surface area contributed by atoms with Crippen LogP contribution >= 0.6 is 7.14 Å². The molecule has 0 spiro atoms. The van der Waals surface area contributed by atoms with Crippen LogP contribution in [0.15, 0.2) is 17.1 Å². The number of nitrogen functional groups attached to an aromatic ring is 1. The quantitative estimate of drug-likeness (QED) is 0.565. The number of anilines is 1. The minimum atomic E-state index is -2.34. The third kappa shape index (κ3) is 1.38. The molecule has 0 atom stereocenters. The predicted octanol–water partition coefficient (Wildman–Crippen LogP) is 1.78. The molecule has 1 heterocycles. The second-order valence-corrected chi connectivity index (χ2v) is 7.03. The van der Waals surface area contributed by atoms with Crippen LogP contribution in [0.2, 0.25) is 0 Å². The maximum Gasteiger partial charge on any atom is 0.113 e. The molecule has 3 nitrogen and oxygen atoms in total. The zero-order valence-electron chi connectivity index (χ0n) is 8.32. The van der Waals surface area contributed by atoms with Crippen molar-refractivity contribution in [1.82, 2.24) is 0 Å². The van der Waals surface area contributed by atoms with E-state index in [0.717, 1.165) is 23.0 Å². The molecule has 0 amide bonds. The zero-order valence-corrected chi connectivity index (χ0v) is 9.21. The molecule has 14 heavy (non-hydrogen) atoms. The Labute approximate surface area is 83.4 Å². The molecule has 1 aliphatic rings. The molecule has 4 heteroatoms. The highest BCUT2D eigenvalue weighted by Gasteiger charge is 2.23. The van der Waals surface area contributed by atoms with Gasteiger partial charge in [0.2, 0.25) is 0 Å². The Hall–Kier alpha value is -1.08. The Kier molecular flexibility index (Phi) is 2.00. The Morgan fingerprint density at radius 2 is 2.14 bits per heavy atom. The largest absolute Gasteiger partial charge is 0.398 e. The van der Waals surface area contributed by atoms with Crippen molar-refractivity contribution in [3.63, 3.8) is 0 Å². The zero-order chi connectivity index (χ0) is 10.3. The predicted molar refractivity (Wildman–Crippen MR) is 61.8 cm³/mol. The lowest BCUT2D eigenvalue weighted by Crippen LogP contribution is -2.11. The Morgan fingerprint density at radius 1 is 1.43 bits per heavy atom. The molecular formula is C10H13N2OP. The van der Waals surface area contributed by atoms with Crippen molar-refractivity contribution in [3.8, 4) is 0 Å². The summed E-state index contributed by atoms with van der Waals surface area (Å²) in [6.07, 6.45) is 2.66. The molecule has 0 aromatic heterocycles. The van der Waals surface area contributed by atoms with Crippen molar-refractivity contribution in [2.24, 2.45) is 4.99 Å². The van der Waals surface area contributed by atoms with E-state index in [9.17, 15) is 4.57 Å². The number of hydrogen-bond acceptors (Lipinski definition) is 3. The van der Waals surface area contributed by atoms with Gasteiger partial charge in [0.15, 0.2) is 0 Å². The smallest absolute Gasteiger partial charge is 0.113 e. The van der Waals surface area contributed by atoms with Crippen LogP contribution in [0.1, 0.15) is 5.56 Å². The molecule has 2 N–H and O–H groups in total. The average molecular weight is 208 g/mol. The first kappa shape index (κ1) is 9.47. The number of rotatable bonds is 1. The van der Waals surface area contributed by atoms with Gasteiger partial charge in [0, 0.05) is 18.3 Å². The SMILES string of the molecule is CP(C)(=O)c1c(N)ccc2c1N=CC2. The van der Waals surface area contributed by atoms with Gasteiger partial charge in [-0.25, -0.2) is 0 Å². The van der Waals surface area contributed by atoms with Gasteiger partial charge in [-0.15, -0.1) is 0 Å². The highest BCUT2D eigenvalue weighted by molar-refractivity contribution is 7.70. The van der Waals surface area contributed by atoms with Crippen LogP contribution in [0, 0.1) is 0 Å². The van der Waals surface area contributed by atoms with E-state index < -0.39 is 7.14 Å². The van der Waals surface area contributed by atoms with E-state index in [0.29, 0.717) is 5.69 Å². The standard InChI is InChI=1S/C10H13N2OP/c1-14(2,13)10-8(11)4-3-7-5-6-12-9(7)10/h3-4,6H,5,11H2,1-2H3. The minimum absolute atomic E-state index is 0.594. The molecule has 0 radical (unpaired) electrons. The molecule has 0 saturated heterocycles. The molecular weight excluding hydrogens is 195 g/mol. The summed E-state index contributed by atoms with van der Waals surface area (Å²) < 4.78 is 12.0. The van der Waals surface area contributed by atoms with Gasteiger partial charge in [0.05, 0.1) is 11.0 Å². The molecule has 1 aromatic carbocycles. The molecule has 0 unspecified atom stereocenters. The lowest BCUT2D eigenvalue weighted by atomic mass is 10.1. The lowest BCUT2D eigenvalue weighted by molar-refractivity contribution is 0.588. The van der Waals surface area contributed by atoms with Gasteiger partial charge in [0.25, 0.3) is 0 Å². The van der Waals surface area contributed by atoms with E-state index in [4.69, 9.17) is 5.73 Å². The molecule has 0 fully saturated rings. The summed E-state index contributed by atoms with van der Waals surface area (Å²) in [5, 5.41) is 0.740. The minimum Gasteiger partial charge on any atom is -0.398 e. The van der Waals surface area contributed by atoms with E-state index in [1.54, 1.807) is 13.3 Å². The van der Waals surface area contributed by atoms with E-state index in [-0.39, 0.29) is 0 Å². The van der Waals surface area contributed by atoms with Crippen molar-refractivity contribution in [3.05, 3.63) is 17.7 Å². The number of nitrogens with zero attached hydrogens (tertiary/aromatic N) is 1. The third-order valence-electron chi connectivity index (χ3n) is 2.34. The van der Waals surface area contributed by atoms with Crippen molar-refractivity contribution in [1.29, 1.82) is 0 Å². The van der Waals surface area contributed by atoms with Gasteiger partial charge in [-0.3, -0.25) is 4.99 Å². The second-order valence-electron chi connectivity index (χ2n) is 3.88. The number of benzene rings is 1. The van der Waals surface area contributed by atoms with Gasteiger partial charge in [-0.1, -0.05) is 6.07 Å². The van der Waals surface area contributed by atoms with Crippen LogP contribution < -0.4 is 11.0 Å². The first-order valence-electron chi connectivity index (χ1n) is 4.49. The Balaban J connectivity index is 2.75. The van der Waals surface area contributed by atoms with Crippen molar-refractivity contribution >= 4 is 30.0 Å². The van der Waals surface area contributed by atoms with Crippen LogP contribution in [-0.2, 0) is 11.0 Å². The van der Waals surface area contributed by atoms with E-state index in [2.05, 4.69) is 4.99 Å².